The number of carbonyl (C=O) groups is 7. The Morgan fingerprint density at radius 1 is 0.857 bits per heavy atom. The van der Waals surface area contributed by atoms with Crippen molar-refractivity contribution in [1.29, 1.82) is 0 Å². The zero-order valence-corrected chi connectivity index (χ0v) is 39.2. The molecule has 0 aliphatic carbocycles. The molecule has 18 heteroatoms. The van der Waals surface area contributed by atoms with Crippen molar-refractivity contribution in [3.63, 3.8) is 0 Å². The van der Waals surface area contributed by atoms with Crippen LogP contribution in [-0.2, 0) is 44.7 Å². The summed E-state index contributed by atoms with van der Waals surface area (Å²) in [5.41, 5.74) is -0.125. The molecule has 0 spiro atoms. The van der Waals surface area contributed by atoms with Crippen molar-refractivity contribution in [3.8, 4) is 5.75 Å². The molecule has 0 aromatic heterocycles. The van der Waals surface area contributed by atoms with Crippen LogP contribution in [-0.4, -0.2) is 132 Å². The summed E-state index contributed by atoms with van der Waals surface area (Å²) < 4.78 is 16.4. The number of likely N-dealkylation sites (tertiary alicyclic amines) is 1. The third-order valence-corrected chi connectivity index (χ3v) is 11.1. The van der Waals surface area contributed by atoms with Gasteiger partial charge < -0.3 is 55.9 Å². The van der Waals surface area contributed by atoms with E-state index in [4.69, 9.17) is 14.2 Å². The second-order valence-electron chi connectivity index (χ2n) is 18.2. The molecule has 1 aliphatic rings. The van der Waals surface area contributed by atoms with Crippen LogP contribution >= 0.6 is 0 Å². The predicted molar refractivity (Wildman–Crippen MR) is 235 cm³/mol. The lowest BCUT2D eigenvalue weighted by Gasteiger charge is -2.33. The molecule has 1 heterocycles. The summed E-state index contributed by atoms with van der Waals surface area (Å²) in [6, 6.07) is 0.628. The van der Waals surface area contributed by atoms with Gasteiger partial charge in [0.1, 0.15) is 47.7 Å². The number of rotatable bonds is 24. The number of methoxy groups -OCH3 is 1. The van der Waals surface area contributed by atoms with Gasteiger partial charge in [-0.3, -0.25) is 24.0 Å². The van der Waals surface area contributed by atoms with Crippen LogP contribution in [0.3, 0.4) is 0 Å². The van der Waals surface area contributed by atoms with Crippen LogP contribution in [0.15, 0.2) is 24.3 Å². The quantitative estimate of drug-likeness (QED) is 0.0739. The van der Waals surface area contributed by atoms with E-state index in [0.717, 1.165) is 5.56 Å². The van der Waals surface area contributed by atoms with Crippen LogP contribution in [0.5, 0.6) is 5.75 Å². The Balaban J connectivity index is 2.28. The number of benzene rings is 1. The van der Waals surface area contributed by atoms with Gasteiger partial charge in [0.25, 0.3) is 0 Å². The van der Waals surface area contributed by atoms with Crippen LogP contribution in [0.25, 0.3) is 0 Å². The summed E-state index contributed by atoms with van der Waals surface area (Å²) in [5, 5.41) is 34.9. The molecule has 1 aliphatic heterocycles. The van der Waals surface area contributed by atoms with E-state index in [2.05, 4.69) is 26.6 Å². The molecule has 1 aromatic rings. The number of carbonyl (C=O) groups excluding carboxylic acids is 6. The van der Waals surface area contributed by atoms with Gasteiger partial charge in [0.2, 0.25) is 23.6 Å². The smallest absolute Gasteiger partial charge is 0.408 e. The van der Waals surface area contributed by atoms with Gasteiger partial charge in [-0.25, -0.2) is 9.59 Å². The number of ether oxygens (including phenoxy) is 3. The minimum Gasteiger partial charge on any atom is -0.497 e. The summed E-state index contributed by atoms with van der Waals surface area (Å²) in [6.45, 7) is 17.6. The topological polar surface area (TPSA) is 251 Å². The zero-order chi connectivity index (χ0) is 47.8. The Morgan fingerprint density at radius 2 is 1.48 bits per heavy atom. The summed E-state index contributed by atoms with van der Waals surface area (Å²) in [4.78, 5) is 94.8. The highest BCUT2D eigenvalue weighted by Crippen LogP contribution is 2.22. The zero-order valence-electron chi connectivity index (χ0n) is 39.2. The lowest BCUT2D eigenvalue weighted by atomic mass is 9.91. The Morgan fingerprint density at radius 3 is 2.00 bits per heavy atom. The normalized spacial score (nSPS) is 17.9. The second kappa shape index (κ2) is 25.4. The maximum Gasteiger partial charge on any atom is 0.408 e. The molecule has 0 radical (unpaired) electrons. The van der Waals surface area contributed by atoms with Gasteiger partial charge >= 0.3 is 18.0 Å². The Hall–Kier alpha value is -4.97. The first-order valence-corrected chi connectivity index (χ1v) is 22.0. The third kappa shape index (κ3) is 17.6. The highest BCUT2D eigenvalue weighted by atomic mass is 16.6. The van der Waals surface area contributed by atoms with Gasteiger partial charge in [0.15, 0.2) is 0 Å². The second-order valence-corrected chi connectivity index (χ2v) is 18.2. The largest absolute Gasteiger partial charge is 0.497 e. The van der Waals surface area contributed by atoms with E-state index in [0.29, 0.717) is 31.4 Å². The average molecular weight is 891 g/mol. The molecule has 1 saturated heterocycles. The first-order chi connectivity index (χ1) is 29.4. The average Bonchev–Trinajstić information content (AvgIpc) is 3.71. The number of aliphatic carboxylic acids is 1. The molecule has 18 nitrogen and oxygen atoms in total. The number of aliphatic hydroxyl groups excluding tert-OH is 1. The van der Waals surface area contributed by atoms with Crippen molar-refractivity contribution in [1.82, 2.24) is 31.5 Å². The number of nitrogens with zero attached hydrogens (tertiary/aromatic N) is 1. The van der Waals surface area contributed by atoms with Crippen LogP contribution in [0, 0.1) is 17.8 Å². The predicted octanol–water partition coefficient (Wildman–Crippen LogP) is 3.07. The molecule has 2 rings (SSSR count). The highest BCUT2D eigenvalue weighted by Gasteiger charge is 2.40. The number of carboxylic acid groups (broad SMARTS) is 1. The summed E-state index contributed by atoms with van der Waals surface area (Å²) in [6.07, 6.45) is -1.85. The molecule has 0 saturated carbocycles. The molecule has 0 bridgehead atoms. The minimum absolute atomic E-state index is 0.190. The van der Waals surface area contributed by atoms with Gasteiger partial charge in [0, 0.05) is 6.54 Å². The van der Waals surface area contributed by atoms with Crippen molar-refractivity contribution in [2.75, 3.05) is 20.7 Å². The van der Waals surface area contributed by atoms with E-state index >= 15 is 0 Å². The van der Waals surface area contributed by atoms with Crippen molar-refractivity contribution in [2.45, 2.75) is 168 Å². The van der Waals surface area contributed by atoms with Crippen LogP contribution in [0.4, 0.5) is 4.79 Å². The SMILES string of the molecule is CC[C@H](C)[C@@H](NC(=O)[C@@H](NC(=O)OC(C)(C)C)[C@@H](C)OC(=O)[C@H](Cc1ccc(OC)cc1)NC)[C@@H](O)CC(=O)N[C@H](C(=O)N[C@@H](CCC(C)C)C(=O)N1CCC[C@H]1C(=O)O)C(C)C. The van der Waals surface area contributed by atoms with Gasteiger partial charge in [-0.05, 0) is 102 Å². The summed E-state index contributed by atoms with van der Waals surface area (Å²) >= 11 is 0. The monoisotopic (exact) mass is 891 g/mol. The fraction of sp³-hybridized carbons (Fsp3) is 0.711. The molecule has 1 aromatic carbocycles. The molecular formula is C45H74N6O12. The number of amides is 5. The number of hydrogen-bond donors (Lipinski definition) is 7. The lowest BCUT2D eigenvalue weighted by molar-refractivity contribution is -0.153. The number of nitrogens with one attached hydrogen (secondary N) is 5. The maximum atomic E-state index is 14.1. The third-order valence-electron chi connectivity index (χ3n) is 11.1. The van der Waals surface area contributed by atoms with Crippen LogP contribution < -0.4 is 31.3 Å². The molecule has 1 fully saturated rings. The van der Waals surface area contributed by atoms with Gasteiger partial charge in [-0.1, -0.05) is 60.1 Å². The number of alkyl carbamates (subject to hydrolysis) is 1. The fourth-order valence-corrected chi connectivity index (χ4v) is 7.18. The molecule has 5 amide bonds. The van der Waals surface area contributed by atoms with Crippen LogP contribution in [0.2, 0.25) is 0 Å². The minimum atomic E-state index is -1.50. The number of likely N-dealkylation sites (N-methyl/N-ethyl adjacent to an activating group) is 1. The van der Waals surface area contributed by atoms with Crippen molar-refractivity contribution in [2.24, 2.45) is 17.8 Å². The van der Waals surface area contributed by atoms with E-state index in [9.17, 15) is 43.8 Å². The Bertz CT molecular complexity index is 1680. The Kier molecular flexibility index (Phi) is 21.8. The van der Waals surface area contributed by atoms with E-state index in [1.54, 1.807) is 80.0 Å². The number of hydrogen-bond acceptors (Lipinski definition) is 12. The van der Waals surface area contributed by atoms with E-state index in [1.165, 1.54) is 11.8 Å². The standard InChI is InChI=1S/C45H74N6O12/c1-13-27(6)37(34(52)24-35(53)48-36(26(4)5)39(54)47-31(21-16-25(2)3)41(56)51-22-14-15-33(51)42(57)58)49-40(55)38(50-44(60)63-45(8,9)10)28(7)62-43(59)32(46-11)23-29-17-19-30(61-12)20-18-29/h17-20,25-28,31-34,36-38,46,52H,13-16,21-24H2,1-12H3,(H,47,54)(H,48,53)(H,49,55)(H,50,60)(H,57,58)/t27-,28+,31-,32-,33-,34-,36-,37+,38-/m0/s1. The van der Waals surface area contributed by atoms with Gasteiger partial charge in [-0.15, -0.1) is 0 Å². The first kappa shape index (κ1) is 54.2. The fourth-order valence-electron chi connectivity index (χ4n) is 7.18. The lowest BCUT2D eigenvalue weighted by Crippen LogP contribution is -2.60. The first-order valence-electron chi connectivity index (χ1n) is 22.0. The van der Waals surface area contributed by atoms with Crippen LogP contribution in [0.1, 0.15) is 113 Å². The summed E-state index contributed by atoms with van der Waals surface area (Å²) in [5.74, 6) is -4.51. The van der Waals surface area contributed by atoms with E-state index in [-0.39, 0.29) is 25.3 Å². The molecular weight excluding hydrogens is 817 g/mol. The van der Waals surface area contributed by atoms with Crippen molar-refractivity contribution in [3.05, 3.63) is 29.8 Å². The number of carboxylic acids is 1. The number of aliphatic hydroxyl groups is 1. The summed E-state index contributed by atoms with van der Waals surface area (Å²) in [7, 11) is 3.14. The van der Waals surface area contributed by atoms with E-state index in [1.807, 2.05) is 20.8 Å². The number of esters is 1. The highest BCUT2D eigenvalue weighted by molar-refractivity contribution is 5.94. The van der Waals surface area contributed by atoms with Crippen molar-refractivity contribution >= 4 is 41.7 Å². The van der Waals surface area contributed by atoms with Crippen molar-refractivity contribution < 1.29 is 58.0 Å². The van der Waals surface area contributed by atoms with Gasteiger partial charge in [-0.2, -0.15) is 0 Å². The molecule has 356 valence electrons. The maximum absolute atomic E-state index is 14.1. The molecule has 63 heavy (non-hydrogen) atoms. The molecule has 9 atom stereocenters. The van der Waals surface area contributed by atoms with E-state index < -0.39 is 114 Å². The Labute approximate surface area is 372 Å². The molecule has 0 unspecified atom stereocenters. The van der Waals surface area contributed by atoms with Gasteiger partial charge in [0.05, 0.1) is 25.7 Å². The molecule has 7 N–H and O–H groups in total.